The Bertz CT molecular complexity index is 1290. The average Bonchev–Trinajstić information content (AvgIpc) is 2.89. The maximum Gasteiger partial charge on any atom is 0.255 e. The van der Waals surface area contributed by atoms with E-state index in [0.717, 1.165) is 21.8 Å². The number of nitrogens with one attached hydrogen (secondary N) is 2. The molecule has 1 atom stereocenters. The maximum atomic E-state index is 13.3. The predicted molar refractivity (Wildman–Crippen MR) is 142 cm³/mol. The molecule has 5 nitrogen and oxygen atoms in total. The third kappa shape index (κ3) is 6.31. The number of anilines is 2. The molecular weight excluding hydrogens is 456 g/mol. The van der Waals surface area contributed by atoms with Crippen LogP contribution >= 0.6 is 11.8 Å². The highest BCUT2D eigenvalue weighted by Gasteiger charge is 2.22. The predicted octanol–water partition coefficient (Wildman–Crippen LogP) is 6.73. The van der Waals surface area contributed by atoms with Gasteiger partial charge in [-0.25, -0.2) is 0 Å². The zero-order valence-electron chi connectivity index (χ0n) is 19.5. The third-order valence-corrected chi connectivity index (χ3v) is 6.72. The molecule has 0 saturated heterocycles. The fourth-order valence-corrected chi connectivity index (χ4v) is 4.59. The number of carbonyl (C=O) groups excluding carboxylic acids is 2. The summed E-state index contributed by atoms with van der Waals surface area (Å²) >= 11 is 1.45. The van der Waals surface area contributed by atoms with Crippen LogP contribution in [0.2, 0.25) is 0 Å². The van der Waals surface area contributed by atoms with Crippen LogP contribution in [0.3, 0.4) is 0 Å². The van der Waals surface area contributed by atoms with Gasteiger partial charge in [-0.05, 0) is 72.6 Å². The van der Waals surface area contributed by atoms with Crippen molar-refractivity contribution < 1.29 is 14.3 Å². The number of ether oxygens (including phenoxy) is 1. The Morgan fingerprint density at radius 3 is 2.00 bits per heavy atom. The van der Waals surface area contributed by atoms with Crippen LogP contribution < -0.4 is 15.4 Å². The van der Waals surface area contributed by atoms with E-state index in [2.05, 4.69) is 10.6 Å². The molecule has 4 aromatic carbocycles. The van der Waals surface area contributed by atoms with E-state index in [0.29, 0.717) is 16.9 Å². The van der Waals surface area contributed by atoms with Crippen LogP contribution in [-0.4, -0.2) is 18.9 Å². The summed E-state index contributed by atoms with van der Waals surface area (Å²) in [6, 6.07) is 31.9. The molecule has 6 heteroatoms. The number of thioether (sulfide) groups is 1. The number of hydrogen-bond donors (Lipinski definition) is 2. The van der Waals surface area contributed by atoms with Gasteiger partial charge in [0.2, 0.25) is 5.91 Å². The Morgan fingerprint density at radius 1 is 0.743 bits per heavy atom. The summed E-state index contributed by atoms with van der Waals surface area (Å²) in [6.45, 7) is 1.91. The fraction of sp³-hybridized carbons (Fsp3) is 0.103. The van der Waals surface area contributed by atoms with Crippen LogP contribution in [0, 0.1) is 6.92 Å². The Labute approximate surface area is 209 Å². The van der Waals surface area contributed by atoms with Gasteiger partial charge in [0, 0.05) is 21.8 Å². The zero-order chi connectivity index (χ0) is 24.6. The molecule has 176 valence electrons. The number of aryl methyl sites for hydroxylation is 1. The van der Waals surface area contributed by atoms with E-state index in [4.69, 9.17) is 4.74 Å². The summed E-state index contributed by atoms with van der Waals surface area (Å²) in [5.41, 5.74) is 3.87. The van der Waals surface area contributed by atoms with Crippen molar-refractivity contribution in [2.75, 3.05) is 17.7 Å². The normalized spacial score (nSPS) is 11.4. The maximum absolute atomic E-state index is 13.3. The van der Waals surface area contributed by atoms with E-state index in [1.54, 1.807) is 13.2 Å². The molecule has 35 heavy (non-hydrogen) atoms. The van der Waals surface area contributed by atoms with Crippen molar-refractivity contribution in [2.45, 2.75) is 17.1 Å². The van der Waals surface area contributed by atoms with Gasteiger partial charge in [0.1, 0.15) is 11.0 Å². The lowest BCUT2D eigenvalue weighted by Crippen LogP contribution is -2.19. The number of benzene rings is 4. The van der Waals surface area contributed by atoms with Gasteiger partial charge in [-0.2, -0.15) is 0 Å². The molecule has 0 aliphatic heterocycles. The van der Waals surface area contributed by atoms with Crippen molar-refractivity contribution in [2.24, 2.45) is 0 Å². The van der Waals surface area contributed by atoms with Crippen molar-refractivity contribution in [3.63, 3.8) is 0 Å². The second-order valence-corrected chi connectivity index (χ2v) is 9.10. The molecule has 4 aromatic rings. The van der Waals surface area contributed by atoms with Crippen LogP contribution in [0.4, 0.5) is 11.4 Å². The van der Waals surface area contributed by atoms with E-state index in [1.807, 2.05) is 104 Å². The monoisotopic (exact) mass is 482 g/mol. The Hall–Kier alpha value is -4.03. The molecule has 0 aliphatic carbocycles. The molecule has 4 rings (SSSR count). The van der Waals surface area contributed by atoms with E-state index in [9.17, 15) is 9.59 Å². The molecule has 0 saturated carbocycles. The standard InChI is InChI=1S/C29H26N2O3S/c1-20-8-6-7-11-26(20)28(32)30-23-14-18-25(19-15-23)35-27(21-9-4-3-5-10-21)29(33)31-22-12-16-24(34-2)17-13-22/h3-19,27H,1-2H3,(H,30,32)(H,31,33). The van der Waals surface area contributed by atoms with Crippen LogP contribution in [0.15, 0.2) is 108 Å². The number of hydrogen-bond acceptors (Lipinski definition) is 4. The molecule has 1 unspecified atom stereocenters. The van der Waals surface area contributed by atoms with Gasteiger partial charge in [0.15, 0.2) is 0 Å². The van der Waals surface area contributed by atoms with Crippen molar-refractivity contribution in [1.82, 2.24) is 0 Å². The van der Waals surface area contributed by atoms with Gasteiger partial charge < -0.3 is 15.4 Å². The summed E-state index contributed by atoms with van der Waals surface area (Å²) < 4.78 is 5.19. The first kappa shape index (κ1) is 24.1. The van der Waals surface area contributed by atoms with Gasteiger partial charge in [0.05, 0.1) is 7.11 Å². The smallest absolute Gasteiger partial charge is 0.255 e. The van der Waals surface area contributed by atoms with E-state index in [1.165, 1.54) is 11.8 Å². The molecule has 0 spiro atoms. The van der Waals surface area contributed by atoms with Crippen molar-refractivity contribution >= 4 is 35.0 Å². The minimum Gasteiger partial charge on any atom is -0.497 e. The third-order valence-electron chi connectivity index (χ3n) is 5.45. The highest BCUT2D eigenvalue weighted by atomic mass is 32.2. The molecule has 2 amide bonds. The molecular formula is C29H26N2O3S. The Balaban J connectivity index is 1.48. The first-order chi connectivity index (χ1) is 17.0. The molecule has 0 radical (unpaired) electrons. The molecule has 2 N–H and O–H groups in total. The lowest BCUT2D eigenvalue weighted by Gasteiger charge is -2.17. The highest BCUT2D eigenvalue weighted by molar-refractivity contribution is 8.00. The number of rotatable bonds is 8. The summed E-state index contributed by atoms with van der Waals surface area (Å²) in [5, 5.41) is 5.49. The molecule has 0 aromatic heterocycles. The number of amides is 2. The van der Waals surface area contributed by atoms with E-state index in [-0.39, 0.29) is 11.8 Å². The van der Waals surface area contributed by atoms with E-state index < -0.39 is 5.25 Å². The van der Waals surface area contributed by atoms with Crippen molar-refractivity contribution in [3.8, 4) is 5.75 Å². The lowest BCUT2D eigenvalue weighted by molar-refractivity contribution is -0.115. The first-order valence-electron chi connectivity index (χ1n) is 11.2. The summed E-state index contributed by atoms with van der Waals surface area (Å²) in [5.74, 6) is 0.458. The fourth-order valence-electron chi connectivity index (χ4n) is 3.56. The number of methoxy groups -OCH3 is 1. The lowest BCUT2D eigenvalue weighted by atomic mass is 10.1. The van der Waals surface area contributed by atoms with Gasteiger partial charge >= 0.3 is 0 Å². The quantitative estimate of drug-likeness (QED) is 0.273. The Morgan fingerprint density at radius 2 is 1.34 bits per heavy atom. The SMILES string of the molecule is COc1ccc(NC(=O)C(Sc2ccc(NC(=O)c3ccccc3C)cc2)c2ccccc2)cc1. The Kier molecular flexibility index (Phi) is 7.85. The van der Waals surface area contributed by atoms with Crippen LogP contribution in [0.5, 0.6) is 5.75 Å². The van der Waals surface area contributed by atoms with Crippen LogP contribution in [0.25, 0.3) is 0 Å². The molecule has 0 heterocycles. The van der Waals surface area contributed by atoms with Crippen molar-refractivity contribution in [1.29, 1.82) is 0 Å². The molecule has 0 aliphatic rings. The van der Waals surface area contributed by atoms with Crippen LogP contribution in [0.1, 0.15) is 26.7 Å². The minimum absolute atomic E-state index is 0.122. The van der Waals surface area contributed by atoms with Crippen molar-refractivity contribution in [3.05, 3.63) is 120 Å². The van der Waals surface area contributed by atoms with Gasteiger partial charge in [-0.3, -0.25) is 9.59 Å². The second kappa shape index (κ2) is 11.4. The van der Waals surface area contributed by atoms with Gasteiger partial charge in [0.25, 0.3) is 5.91 Å². The molecule has 0 bridgehead atoms. The first-order valence-corrected chi connectivity index (χ1v) is 12.0. The van der Waals surface area contributed by atoms with Gasteiger partial charge in [-0.15, -0.1) is 11.8 Å². The topological polar surface area (TPSA) is 67.4 Å². The second-order valence-electron chi connectivity index (χ2n) is 7.92. The summed E-state index contributed by atoms with van der Waals surface area (Å²) in [4.78, 5) is 26.8. The summed E-state index contributed by atoms with van der Waals surface area (Å²) in [6.07, 6.45) is 0. The van der Waals surface area contributed by atoms with Crippen LogP contribution in [-0.2, 0) is 4.79 Å². The van der Waals surface area contributed by atoms with Gasteiger partial charge in [-0.1, -0.05) is 48.5 Å². The minimum atomic E-state index is -0.453. The van der Waals surface area contributed by atoms with E-state index >= 15 is 0 Å². The summed E-state index contributed by atoms with van der Waals surface area (Å²) in [7, 11) is 1.61. The largest absolute Gasteiger partial charge is 0.497 e. The highest BCUT2D eigenvalue weighted by Crippen LogP contribution is 2.37. The zero-order valence-corrected chi connectivity index (χ0v) is 20.3. The number of carbonyl (C=O) groups is 2. The molecule has 0 fully saturated rings. The average molecular weight is 483 g/mol.